The van der Waals surface area contributed by atoms with Crippen LogP contribution < -0.4 is 5.32 Å². The normalized spacial score (nSPS) is 10.8. The van der Waals surface area contributed by atoms with E-state index in [1.54, 1.807) is 24.5 Å². The molecule has 0 saturated heterocycles. The maximum absolute atomic E-state index is 12.6. The number of carbonyl (C=O) groups is 1. The Morgan fingerprint density at radius 2 is 1.85 bits per heavy atom. The Bertz CT molecular complexity index is 1100. The highest BCUT2D eigenvalue weighted by molar-refractivity contribution is 6.31. The van der Waals surface area contributed by atoms with E-state index in [9.17, 15) is 4.79 Å². The van der Waals surface area contributed by atoms with E-state index in [0.29, 0.717) is 16.3 Å². The van der Waals surface area contributed by atoms with Gasteiger partial charge in [-0.1, -0.05) is 35.9 Å². The highest BCUT2D eigenvalue weighted by atomic mass is 35.5. The molecule has 1 N–H and O–H groups in total. The van der Waals surface area contributed by atoms with Crippen LogP contribution in [0.3, 0.4) is 0 Å². The summed E-state index contributed by atoms with van der Waals surface area (Å²) in [7, 11) is 0. The smallest absolute Gasteiger partial charge is 0.255 e. The quantitative estimate of drug-likeness (QED) is 0.542. The van der Waals surface area contributed by atoms with Crippen LogP contribution in [0.5, 0.6) is 0 Å². The SMILES string of the molecule is Cc1c(Cl)cccc1NC(=O)c1ccc2c(c1)ncn2-c1ccccc1. The number of imidazole rings is 1. The van der Waals surface area contributed by atoms with Crippen molar-refractivity contribution in [2.45, 2.75) is 6.92 Å². The molecule has 0 saturated carbocycles. The lowest BCUT2D eigenvalue weighted by Gasteiger charge is -2.10. The molecule has 0 spiro atoms. The standard InChI is InChI=1S/C21H16ClN3O/c1-14-17(22)8-5-9-18(14)24-21(26)15-10-11-20-19(12-15)23-13-25(20)16-6-3-2-4-7-16/h2-13H,1H3,(H,24,26). The highest BCUT2D eigenvalue weighted by Crippen LogP contribution is 2.24. The molecule has 0 bridgehead atoms. The van der Waals surface area contributed by atoms with E-state index in [2.05, 4.69) is 10.3 Å². The van der Waals surface area contributed by atoms with E-state index >= 15 is 0 Å². The van der Waals surface area contributed by atoms with E-state index in [0.717, 1.165) is 22.3 Å². The van der Waals surface area contributed by atoms with Crippen LogP contribution in [0.2, 0.25) is 5.02 Å². The Hall–Kier alpha value is -3.11. The molecule has 4 nitrogen and oxygen atoms in total. The summed E-state index contributed by atoms with van der Waals surface area (Å²) >= 11 is 6.12. The molecular weight excluding hydrogens is 346 g/mol. The van der Waals surface area contributed by atoms with Gasteiger partial charge >= 0.3 is 0 Å². The molecule has 0 unspecified atom stereocenters. The predicted octanol–water partition coefficient (Wildman–Crippen LogP) is 5.24. The summed E-state index contributed by atoms with van der Waals surface area (Å²) in [5.41, 5.74) is 4.85. The van der Waals surface area contributed by atoms with Crippen molar-refractivity contribution < 1.29 is 4.79 Å². The number of fused-ring (bicyclic) bond motifs is 1. The number of hydrogen-bond donors (Lipinski definition) is 1. The summed E-state index contributed by atoms with van der Waals surface area (Å²) < 4.78 is 2.00. The largest absolute Gasteiger partial charge is 0.322 e. The molecule has 5 heteroatoms. The van der Waals surface area contributed by atoms with Crippen molar-refractivity contribution in [3.8, 4) is 5.69 Å². The summed E-state index contributed by atoms with van der Waals surface area (Å²) in [5, 5.41) is 3.54. The van der Waals surface area contributed by atoms with Gasteiger partial charge in [0.2, 0.25) is 0 Å². The number of benzene rings is 3. The Morgan fingerprint density at radius 3 is 2.65 bits per heavy atom. The summed E-state index contributed by atoms with van der Waals surface area (Å²) in [6.07, 6.45) is 1.77. The first-order valence-corrected chi connectivity index (χ1v) is 8.60. The Labute approximate surface area is 156 Å². The van der Waals surface area contributed by atoms with E-state index in [4.69, 9.17) is 11.6 Å². The minimum absolute atomic E-state index is 0.188. The third-order valence-electron chi connectivity index (χ3n) is 4.36. The molecule has 0 atom stereocenters. The molecule has 1 amide bonds. The molecule has 0 aliphatic heterocycles. The van der Waals surface area contributed by atoms with Crippen molar-refractivity contribution in [1.29, 1.82) is 0 Å². The maximum Gasteiger partial charge on any atom is 0.255 e. The topological polar surface area (TPSA) is 46.9 Å². The number of nitrogens with one attached hydrogen (secondary N) is 1. The maximum atomic E-state index is 12.6. The molecular formula is C21H16ClN3O. The Balaban J connectivity index is 1.66. The van der Waals surface area contributed by atoms with E-state index in [1.807, 2.05) is 60.0 Å². The summed E-state index contributed by atoms with van der Waals surface area (Å²) in [6, 6.07) is 20.9. The fourth-order valence-electron chi connectivity index (χ4n) is 2.89. The predicted molar refractivity (Wildman–Crippen MR) is 105 cm³/mol. The highest BCUT2D eigenvalue weighted by Gasteiger charge is 2.12. The van der Waals surface area contributed by atoms with Gasteiger partial charge in [-0.2, -0.15) is 0 Å². The zero-order valence-electron chi connectivity index (χ0n) is 14.1. The van der Waals surface area contributed by atoms with Gasteiger partial charge < -0.3 is 5.32 Å². The molecule has 1 heterocycles. The second kappa shape index (κ2) is 6.65. The van der Waals surface area contributed by atoms with E-state index < -0.39 is 0 Å². The number of amides is 1. The first-order valence-electron chi connectivity index (χ1n) is 8.22. The third-order valence-corrected chi connectivity index (χ3v) is 4.77. The monoisotopic (exact) mass is 361 g/mol. The van der Waals surface area contributed by atoms with Crippen molar-refractivity contribution in [2.75, 3.05) is 5.32 Å². The number of nitrogens with zero attached hydrogens (tertiary/aromatic N) is 2. The number of aromatic nitrogens is 2. The van der Waals surface area contributed by atoms with Crippen molar-refractivity contribution in [3.05, 3.63) is 89.2 Å². The van der Waals surface area contributed by atoms with Gasteiger partial charge in [0, 0.05) is 22.0 Å². The van der Waals surface area contributed by atoms with E-state index in [1.165, 1.54) is 0 Å². The van der Waals surface area contributed by atoms with Crippen molar-refractivity contribution >= 4 is 34.2 Å². The van der Waals surface area contributed by atoms with Gasteiger partial charge in [0.15, 0.2) is 0 Å². The van der Waals surface area contributed by atoms with Gasteiger partial charge in [0.05, 0.1) is 11.0 Å². The number of hydrogen-bond acceptors (Lipinski definition) is 2. The second-order valence-corrected chi connectivity index (χ2v) is 6.43. The van der Waals surface area contributed by atoms with Gasteiger partial charge in [-0.3, -0.25) is 9.36 Å². The van der Waals surface area contributed by atoms with Crippen LogP contribution in [-0.2, 0) is 0 Å². The lowest BCUT2D eigenvalue weighted by Crippen LogP contribution is -2.12. The van der Waals surface area contributed by atoms with Gasteiger partial charge in [-0.25, -0.2) is 4.98 Å². The molecule has 128 valence electrons. The summed E-state index contributed by atoms with van der Waals surface area (Å²) in [5.74, 6) is -0.188. The van der Waals surface area contributed by atoms with Crippen LogP contribution in [-0.4, -0.2) is 15.5 Å². The lowest BCUT2D eigenvalue weighted by atomic mass is 10.1. The van der Waals surface area contributed by atoms with Crippen LogP contribution in [0.4, 0.5) is 5.69 Å². The van der Waals surface area contributed by atoms with E-state index in [-0.39, 0.29) is 5.91 Å². The van der Waals surface area contributed by atoms with Crippen LogP contribution in [0.1, 0.15) is 15.9 Å². The van der Waals surface area contributed by atoms with Gasteiger partial charge in [-0.15, -0.1) is 0 Å². The number of anilines is 1. The van der Waals surface area contributed by atoms with Crippen molar-refractivity contribution in [2.24, 2.45) is 0 Å². The average molecular weight is 362 g/mol. The first kappa shape index (κ1) is 16.4. The van der Waals surface area contributed by atoms with Crippen LogP contribution in [0.25, 0.3) is 16.7 Å². The van der Waals surface area contributed by atoms with Crippen molar-refractivity contribution in [3.63, 3.8) is 0 Å². The third kappa shape index (κ3) is 2.95. The van der Waals surface area contributed by atoms with Gasteiger partial charge in [0.25, 0.3) is 5.91 Å². The molecule has 26 heavy (non-hydrogen) atoms. The number of carbonyl (C=O) groups excluding carboxylic acids is 1. The fraction of sp³-hybridized carbons (Fsp3) is 0.0476. The summed E-state index contributed by atoms with van der Waals surface area (Å²) in [4.78, 5) is 17.0. The van der Waals surface area contributed by atoms with Gasteiger partial charge in [0.1, 0.15) is 6.33 Å². The minimum atomic E-state index is -0.188. The van der Waals surface area contributed by atoms with Crippen LogP contribution in [0.15, 0.2) is 73.1 Å². The number of halogens is 1. The molecule has 1 aromatic heterocycles. The molecule has 4 rings (SSSR count). The van der Waals surface area contributed by atoms with Gasteiger partial charge in [-0.05, 0) is 55.0 Å². The molecule has 3 aromatic carbocycles. The minimum Gasteiger partial charge on any atom is -0.322 e. The Morgan fingerprint density at radius 1 is 1.04 bits per heavy atom. The zero-order valence-corrected chi connectivity index (χ0v) is 14.9. The zero-order chi connectivity index (χ0) is 18.1. The van der Waals surface area contributed by atoms with Crippen molar-refractivity contribution in [1.82, 2.24) is 9.55 Å². The second-order valence-electron chi connectivity index (χ2n) is 6.02. The fourth-order valence-corrected chi connectivity index (χ4v) is 3.06. The molecule has 0 aliphatic rings. The molecule has 0 radical (unpaired) electrons. The average Bonchev–Trinajstić information content (AvgIpc) is 3.09. The number of rotatable bonds is 3. The lowest BCUT2D eigenvalue weighted by molar-refractivity contribution is 0.102. The molecule has 0 fully saturated rings. The summed E-state index contributed by atoms with van der Waals surface area (Å²) in [6.45, 7) is 1.88. The number of para-hydroxylation sites is 1. The molecule has 4 aromatic rings. The first-order chi connectivity index (χ1) is 12.6. The molecule has 0 aliphatic carbocycles. The Kier molecular flexibility index (Phi) is 4.19. The van der Waals surface area contributed by atoms with Crippen LogP contribution in [0, 0.1) is 6.92 Å². The van der Waals surface area contributed by atoms with Crippen LogP contribution >= 0.6 is 11.6 Å².